The van der Waals surface area contributed by atoms with Crippen molar-refractivity contribution in [2.75, 3.05) is 13.1 Å². The number of ketones is 1. The molecule has 5 heteroatoms. The summed E-state index contributed by atoms with van der Waals surface area (Å²) in [6, 6.07) is 9.08. The number of Topliss-reactive ketones (excluding diaryl/α,β-unsaturated/α-hetero) is 1. The van der Waals surface area contributed by atoms with Crippen LogP contribution < -0.4 is 10.6 Å². The molecule has 0 aliphatic heterocycles. The van der Waals surface area contributed by atoms with E-state index in [0.717, 1.165) is 0 Å². The summed E-state index contributed by atoms with van der Waals surface area (Å²) in [5.41, 5.74) is 0.688. The normalized spacial score (nSPS) is 9.80. The molecule has 0 atom stereocenters. The largest absolute Gasteiger partial charge is 0.359 e. The van der Waals surface area contributed by atoms with Gasteiger partial charge in [-0.05, 0) is 12.8 Å². The van der Waals surface area contributed by atoms with Gasteiger partial charge in [-0.3, -0.25) is 14.4 Å². The highest BCUT2D eigenvalue weighted by Crippen LogP contribution is 2.06. The van der Waals surface area contributed by atoms with Gasteiger partial charge in [0.25, 0.3) is 0 Å². The topological polar surface area (TPSA) is 75.3 Å². The van der Waals surface area contributed by atoms with E-state index in [9.17, 15) is 14.4 Å². The fraction of sp³-hybridized carbons (Fsp3) is 0.400. The molecule has 0 bridgehead atoms. The number of rotatable bonds is 10. The van der Waals surface area contributed by atoms with E-state index in [4.69, 9.17) is 0 Å². The van der Waals surface area contributed by atoms with Gasteiger partial charge in [-0.25, -0.2) is 0 Å². The molecule has 0 heterocycles. The van der Waals surface area contributed by atoms with Crippen LogP contribution in [-0.2, 0) is 9.59 Å². The van der Waals surface area contributed by atoms with Crippen LogP contribution in [0.1, 0.15) is 36.0 Å². The molecule has 0 saturated heterocycles. The summed E-state index contributed by atoms with van der Waals surface area (Å²) in [7, 11) is 0. The fourth-order valence-electron chi connectivity index (χ4n) is 1.74. The van der Waals surface area contributed by atoms with Crippen molar-refractivity contribution in [3.05, 3.63) is 35.9 Å². The van der Waals surface area contributed by atoms with Crippen LogP contribution in [0.15, 0.2) is 30.3 Å². The van der Waals surface area contributed by atoms with Crippen LogP contribution in [0, 0.1) is 0 Å². The molecule has 5 nitrogen and oxygen atoms in total. The van der Waals surface area contributed by atoms with Gasteiger partial charge in [-0.2, -0.15) is 0 Å². The smallest absolute Gasteiger partial charge is 0.220 e. The molecule has 0 radical (unpaired) electrons. The Hall–Kier alpha value is -2.17. The van der Waals surface area contributed by atoms with E-state index in [0.29, 0.717) is 50.7 Å². The minimum atomic E-state index is -0.0584. The van der Waals surface area contributed by atoms with Crippen LogP contribution in [-0.4, -0.2) is 31.2 Å². The Kier molecular flexibility index (Phi) is 7.72. The molecular formula is C15H20N2O3. The number of hydrogen-bond donors (Lipinski definition) is 2. The number of carbonyl (C=O) groups excluding carboxylic acids is 3. The molecule has 0 spiro atoms. The van der Waals surface area contributed by atoms with E-state index < -0.39 is 0 Å². The first-order chi connectivity index (χ1) is 9.74. The van der Waals surface area contributed by atoms with Crippen molar-refractivity contribution in [1.82, 2.24) is 10.6 Å². The van der Waals surface area contributed by atoms with Crippen LogP contribution >= 0.6 is 0 Å². The van der Waals surface area contributed by atoms with Crippen molar-refractivity contribution in [1.29, 1.82) is 0 Å². The third-order valence-electron chi connectivity index (χ3n) is 2.81. The van der Waals surface area contributed by atoms with Crippen molar-refractivity contribution in [3.63, 3.8) is 0 Å². The van der Waals surface area contributed by atoms with E-state index in [1.165, 1.54) is 0 Å². The van der Waals surface area contributed by atoms with E-state index in [1.807, 2.05) is 18.2 Å². The molecule has 1 rings (SSSR count). The molecular weight excluding hydrogens is 256 g/mol. The summed E-state index contributed by atoms with van der Waals surface area (Å²) in [5.74, 6) is 0.00514. The summed E-state index contributed by atoms with van der Waals surface area (Å²) in [6.45, 7) is 1.09. The molecule has 0 fully saturated rings. The first-order valence-electron chi connectivity index (χ1n) is 6.76. The lowest BCUT2D eigenvalue weighted by molar-refractivity contribution is -0.121. The molecule has 20 heavy (non-hydrogen) atoms. The Morgan fingerprint density at radius 2 is 1.75 bits per heavy atom. The maximum Gasteiger partial charge on any atom is 0.220 e. The Morgan fingerprint density at radius 3 is 2.45 bits per heavy atom. The first-order valence-corrected chi connectivity index (χ1v) is 6.76. The van der Waals surface area contributed by atoms with E-state index in [2.05, 4.69) is 10.6 Å². The van der Waals surface area contributed by atoms with Crippen molar-refractivity contribution >= 4 is 18.1 Å². The zero-order valence-corrected chi connectivity index (χ0v) is 11.4. The van der Waals surface area contributed by atoms with Crippen LogP contribution in [0.25, 0.3) is 0 Å². The lowest BCUT2D eigenvalue weighted by Crippen LogP contribution is -2.26. The average Bonchev–Trinajstić information content (AvgIpc) is 2.48. The van der Waals surface area contributed by atoms with Crippen molar-refractivity contribution in [2.24, 2.45) is 0 Å². The number of nitrogens with one attached hydrogen (secondary N) is 2. The Morgan fingerprint density at radius 1 is 1.00 bits per heavy atom. The zero-order valence-electron chi connectivity index (χ0n) is 11.4. The summed E-state index contributed by atoms with van der Waals surface area (Å²) in [4.78, 5) is 33.3. The Bertz CT molecular complexity index is 432. The Balaban J connectivity index is 2.10. The summed E-state index contributed by atoms with van der Waals surface area (Å²) < 4.78 is 0. The monoisotopic (exact) mass is 276 g/mol. The number of amides is 2. The molecule has 1 aromatic carbocycles. The first kappa shape index (κ1) is 15.9. The minimum Gasteiger partial charge on any atom is -0.359 e. The summed E-state index contributed by atoms with van der Waals surface area (Å²) >= 11 is 0. The second kappa shape index (κ2) is 9.72. The van der Waals surface area contributed by atoms with E-state index in [-0.39, 0.29) is 11.7 Å². The van der Waals surface area contributed by atoms with Gasteiger partial charge in [-0.15, -0.1) is 0 Å². The highest BCUT2D eigenvalue weighted by atomic mass is 16.1. The zero-order chi connectivity index (χ0) is 14.6. The molecule has 0 aliphatic carbocycles. The van der Waals surface area contributed by atoms with Gasteiger partial charge in [0.1, 0.15) is 0 Å². The van der Waals surface area contributed by atoms with E-state index >= 15 is 0 Å². The van der Waals surface area contributed by atoms with Gasteiger partial charge in [0.2, 0.25) is 12.3 Å². The third kappa shape index (κ3) is 6.68. The number of hydrogen-bond acceptors (Lipinski definition) is 3. The number of carbonyl (C=O) groups is 3. The number of benzene rings is 1. The lowest BCUT2D eigenvalue weighted by Gasteiger charge is -2.05. The molecule has 0 saturated carbocycles. The maximum absolute atomic E-state index is 11.8. The predicted octanol–water partition coefficient (Wildman–Crippen LogP) is 1.29. The third-order valence-corrected chi connectivity index (χ3v) is 2.81. The molecule has 108 valence electrons. The van der Waals surface area contributed by atoms with E-state index in [1.54, 1.807) is 12.1 Å². The predicted molar refractivity (Wildman–Crippen MR) is 76.3 cm³/mol. The fourth-order valence-corrected chi connectivity index (χ4v) is 1.74. The van der Waals surface area contributed by atoms with Gasteiger partial charge in [0.05, 0.1) is 0 Å². The summed E-state index contributed by atoms with van der Waals surface area (Å²) in [6.07, 6.45) is 2.61. The van der Waals surface area contributed by atoms with Crippen LogP contribution in [0.2, 0.25) is 0 Å². The quantitative estimate of drug-likeness (QED) is 0.384. The minimum absolute atomic E-state index is 0.0584. The standard InChI is InChI=1S/C15H20N2O3/c18-12-16-10-5-11-17-15(20)9-4-8-14(19)13-6-2-1-3-7-13/h1-3,6-7,12H,4-5,8-11H2,(H,16,18)(H,17,20). The second-order valence-electron chi connectivity index (χ2n) is 4.42. The highest BCUT2D eigenvalue weighted by Gasteiger charge is 2.06. The summed E-state index contributed by atoms with van der Waals surface area (Å²) in [5, 5.41) is 5.27. The molecule has 2 N–H and O–H groups in total. The van der Waals surface area contributed by atoms with Gasteiger partial charge >= 0.3 is 0 Å². The Labute approximate surface area is 118 Å². The van der Waals surface area contributed by atoms with Gasteiger partial charge < -0.3 is 10.6 Å². The average molecular weight is 276 g/mol. The van der Waals surface area contributed by atoms with Crippen molar-refractivity contribution < 1.29 is 14.4 Å². The molecule has 1 aromatic rings. The SMILES string of the molecule is O=CNCCCNC(=O)CCCC(=O)c1ccccc1. The van der Waals surface area contributed by atoms with Crippen LogP contribution in [0.5, 0.6) is 0 Å². The molecule has 0 aromatic heterocycles. The molecule has 2 amide bonds. The second-order valence-corrected chi connectivity index (χ2v) is 4.42. The van der Waals surface area contributed by atoms with Crippen LogP contribution in [0.4, 0.5) is 0 Å². The van der Waals surface area contributed by atoms with Gasteiger partial charge in [0, 0.05) is 31.5 Å². The highest BCUT2D eigenvalue weighted by molar-refractivity contribution is 5.96. The van der Waals surface area contributed by atoms with Gasteiger partial charge in [-0.1, -0.05) is 30.3 Å². The van der Waals surface area contributed by atoms with Gasteiger partial charge in [0.15, 0.2) is 5.78 Å². The van der Waals surface area contributed by atoms with Crippen LogP contribution in [0.3, 0.4) is 0 Å². The molecule has 0 unspecified atom stereocenters. The lowest BCUT2D eigenvalue weighted by atomic mass is 10.1. The van der Waals surface area contributed by atoms with Crippen molar-refractivity contribution in [2.45, 2.75) is 25.7 Å². The molecule has 0 aliphatic rings. The van der Waals surface area contributed by atoms with Crippen molar-refractivity contribution in [3.8, 4) is 0 Å². The maximum atomic E-state index is 11.8.